The van der Waals surface area contributed by atoms with Crippen LogP contribution in [0.2, 0.25) is 0 Å². The number of rotatable bonds is 4. The number of carbonyl (C=O) groups excluding carboxylic acids is 2. The van der Waals surface area contributed by atoms with Gasteiger partial charge in [-0.1, -0.05) is 5.16 Å². The van der Waals surface area contributed by atoms with Crippen molar-refractivity contribution in [1.29, 1.82) is 0 Å². The first-order chi connectivity index (χ1) is 13.4. The summed E-state index contributed by atoms with van der Waals surface area (Å²) in [7, 11) is 2.94. The van der Waals surface area contributed by atoms with Gasteiger partial charge >= 0.3 is 0 Å². The first kappa shape index (κ1) is 19.6. The Morgan fingerprint density at radius 1 is 1.14 bits per heavy atom. The molecule has 1 fully saturated rings. The van der Waals surface area contributed by atoms with Crippen molar-refractivity contribution in [3.63, 3.8) is 0 Å². The van der Waals surface area contributed by atoms with Crippen LogP contribution in [0.4, 0.5) is 0 Å². The predicted molar refractivity (Wildman–Crippen MR) is 97.0 cm³/mol. The van der Waals surface area contributed by atoms with Gasteiger partial charge in [0, 0.05) is 32.6 Å². The second kappa shape index (κ2) is 8.24. The van der Waals surface area contributed by atoms with E-state index in [1.807, 2.05) is 0 Å². The van der Waals surface area contributed by atoms with Gasteiger partial charge in [0.15, 0.2) is 5.82 Å². The standard InChI is InChI=1S/C18H23N5O5/c1-11-19-17(28-21-11)14-7-8-22(9-10-23(14)12(2)24)18(25)13-5-6-15(26-3)20-16(13)27-4/h5-6,14H,7-10H2,1-4H3. The van der Waals surface area contributed by atoms with Crippen LogP contribution in [-0.2, 0) is 4.79 Å². The van der Waals surface area contributed by atoms with E-state index in [1.54, 1.807) is 28.9 Å². The molecule has 28 heavy (non-hydrogen) atoms. The largest absolute Gasteiger partial charge is 0.481 e. The fourth-order valence-electron chi connectivity index (χ4n) is 3.24. The fourth-order valence-corrected chi connectivity index (χ4v) is 3.24. The van der Waals surface area contributed by atoms with Gasteiger partial charge in [0.1, 0.15) is 11.6 Å². The second-order valence-corrected chi connectivity index (χ2v) is 6.40. The average Bonchev–Trinajstić information content (AvgIpc) is 3.00. The molecule has 1 saturated heterocycles. The Morgan fingerprint density at radius 2 is 1.93 bits per heavy atom. The highest BCUT2D eigenvalue weighted by molar-refractivity contribution is 5.96. The summed E-state index contributed by atoms with van der Waals surface area (Å²) in [5.41, 5.74) is 0.338. The van der Waals surface area contributed by atoms with Gasteiger partial charge in [-0.15, -0.1) is 0 Å². The molecule has 10 heteroatoms. The summed E-state index contributed by atoms with van der Waals surface area (Å²) in [4.78, 5) is 37.0. The molecule has 1 aliphatic heterocycles. The van der Waals surface area contributed by atoms with Gasteiger partial charge in [0.2, 0.25) is 23.6 Å². The van der Waals surface area contributed by atoms with E-state index < -0.39 is 0 Å². The van der Waals surface area contributed by atoms with Crippen molar-refractivity contribution < 1.29 is 23.6 Å². The summed E-state index contributed by atoms with van der Waals surface area (Å²) in [5, 5.41) is 3.82. The molecule has 3 rings (SSSR count). The molecule has 0 bridgehead atoms. The maximum Gasteiger partial charge on any atom is 0.259 e. The third kappa shape index (κ3) is 3.90. The first-order valence-electron chi connectivity index (χ1n) is 8.90. The Kier molecular flexibility index (Phi) is 5.76. The van der Waals surface area contributed by atoms with Gasteiger partial charge in [-0.3, -0.25) is 9.59 Å². The molecule has 2 aromatic rings. The molecule has 0 aliphatic carbocycles. The molecule has 10 nitrogen and oxygen atoms in total. The first-order valence-corrected chi connectivity index (χ1v) is 8.90. The quantitative estimate of drug-likeness (QED) is 0.768. The summed E-state index contributed by atoms with van der Waals surface area (Å²) in [6.45, 7) is 4.37. The lowest BCUT2D eigenvalue weighted by molar-refractivity contribution is -0.131. The Hall–Kier alpha value is -3.17. The molecule has 2 aromatic heterocycles. The number of aromatic nitrogens is 3. The normalized spacial score (nSPS) is 17.2. The minimum atomic E-state index is -0.368. The molecule has 0 spiro atoms. The molecule has 0 aromatic carbocycles. The molecule has 150 valence electrons. The lowest BCUT2D eigenvalue weighted by Gasteiger charge is -2.25. The fraction of sp³-hybridized carbons (Fsp3) is 0.500. The number of ether oxygens (including phenoxy) is 2. The predicted octanol–water partition coefficient (Wildman–Crippen LogP) is 1.23. The van der Waals surface area contributed by atoms with E-state index in [9.17, 15) is 9.59 Å². The van der Waals surface area contributed by atoms with E-state index in [-0.39, 0.29) is 23.7 Å². The number of hydrogen-bond acceptors (Lipinski definition) is 8. The van der Waals surface area contributed by atoms with Crippen LogP contribution in [-0.4, -0.2) is 70.6 Å². The van der Waals surface area contributed by atoms with E-state index in [0.29, 0.717) is 49.2 Å². The number of nitrogens with zero attached hydrogens (tertiary/aromatic N) is 5. The monoisotopic (exact) mass is 389 g/mol. The van der Waals surface area contributed by atoms with Crippen molar-refractivity contribution in [2.24, 2.45) is 0 Å². The van der Waals surface area contributed by atoms with E-state index in [0.717, 1.165) is 0 Å². The molecule has 1 aliphatic rings. The zero-order valence-corrected chi connectivity index (χ0v) is 16.3. The summed E-state index contributed by atoms with van der Waals surface area (Å²) in [5.74, 6) is 1.10. The molecule has 1 atom stereocenters. The van der Waals surface area contributed by atoms with Gasteiger partial charge in [0.05, 0.1) is 14.2 Å². The maximum absolute atomic E-state index is 13.1. The summed E-state index contributed by atoms with van der Waals surface area (Å²) in [6, 6.07) is 2.87. The van der Waals surface area contributed by atoms with Crippen LogP contribution in [0.5, 0.6) is 11.8 Å². The van der Waals surface area contributed by atoms with Crippen LogP contribution in [0.3, 0.4) is 0 Å². The number of hydrogen-bond donors (Lipinski definition) is 0. The Labute approximate surface area is 162 Å². The van der Waals surface area contributed by atoms with Gasteiger partial charge in [-0.2, -0.15) is 9.97 Å². The molecular weight excluding hydrogens is 366 g/mol. The van der Waals surface area contributed by atoms with Crippen molar-refractivity contribution in [3.05, 3.63) is 29.4 Å². The zero-order chi connectivity index (χ0) is 20.3. The molecule has 0 N–H and O–H groups in total. The maximum atomic E-state index is 13.1. The highest BCUT2D eigenvalue weighted by atomic mass is 16.5. The Bertz CT molecular complexity index is 868. The van der Waals surface area contributed by atoms with Crippen molar-refractivity contribution in [3.8, 4) is 11.8 Å². The number of amides is 2. The van der Waals surface area contributed by atoms with E-state index in [2.05, 4.69) is 15.1 Å². The number of methoxy groups -OCH3 is 2. The number of carbonyl (C=O) groups is 2. The van der Waals surface area contributed by atoms with Crippen molar-refractivity contribution in [2.75, 3.05) is 33.9 Å². The minimum Gasteiger partial charge on any atom is -0.481 e. The molecule has 0 saturated carbocycles. The lowest BCUT2D eigenvalue weighted by Crippen LogP contribution is -2.37. The summed E-state index contributed by atoms with van der Waals surface area (Å²) in [6.07, 6.45) is 0.485. The Balaban J connectivity index is 1.83. The number of aryl methyl sites for hydroxylation is 1. The van der Waals surface area contributed by atoms with E-state index >= 15 is 0 Å². The second-order valence-electron chi connectivity index (χ2n) is 6.40. The van der Waals surface area contributed by atoms with Crippen molar-refractivity contribution >= 4 is 11.8 Å². The third-order valence-corrected chi connectivity index (χ3v) is 4.65. The van der Waals surface area contributed by atoms with Crippen molar-refractivity contribution in [1.82, 2.24) is 24.9 Å². The summed E-state index contributed by atoms with van der Waals surface area (Å²) < 4.78 is 15.6. The highest BCUT2D eigenvalue weighted by Gasteiger charge is 2.33. The highest BCUT2D eigenvalue weighted by Crippen LogP contribution is 2.28. The zero-order valence-electron chi connectivity index (χ0n) is 16.3. The molecular formula is C18H23N5O5. The van der Waals surface area contributed by atoms with E-state index in [4.69, 9.17) is 14.0 Å². The van der Waals surface area contributed by atoms with Crippen LogP contribution in [0, 0.1) is 6.92 Å². The van der Waals surface area contributed by atoms with Crippen LogP contribution in [0.25, 0.3) is 0 Å². The smallest absolute Gasteiger partial charge is 0.259 e. The Morgan fingerprint density at radius 3 is 2.54 bits per heavy atom. The van der Waals surface area contributed by atoms with Gasteiger partial charge in [-0.25, -0.2) is 0 Å². The van der Waals surface area contributed by atoms with Crippen molar-refractivity contribution in [2.45, 2.75) is 26.3 Å². The SMILES string of the molecule is COc1ccc(C(=O)N2CCC(c3nc(C)no3)N(C(C)=O)CC2)c(OC)n1. The van der Waals surface area contributed by atoms with Crippen LogP contribution >= 0.6 is 0 Å². The van der Waals surface area contributed by atoms with Crippen LogP contribution in [0.1, 0.15) is 41.5 Å². The average molecular weight is 389 g/mol. The summed E-state index contributed by atoms with van der Waals surface area (Å²) >= 11 is 0. The van der Waals surface area contributed by atoms with Gasteiger partial charge < -0.3 is 23.8 Å². The van der Waals surface area contributed by atoms with Crippen LogP contribution < -0.4 is 9.47 Å². The van der Waals surface area contributed by atoms with Gasteiger partial charge in [-0.05, 0) is 19.4 Å². The topological polar surface area (TPSA) is 111 Å². The molecule has 1 unspecified atom stereocenters. The minimum absolute atomic E-state index is 0.112. The van der Waals surface area contributed by atoms with Gasteiger partial charge in [0.25, 0.3) is 5.91 Å². The van der Waals surface area contributed by atoms with Crippen LogP contribution in [0.15, 0.2) is 16.7 Å². The molecule has 2 amide bonds. The lowest BCUT2D eigenvalue weighted by atomic mass is 10.1. The third-order valence-electron chi connectivity index (χ3n) is 4.65. The molecule has 0 radical (unpaired) electrons. The number of pyridine rings is 1. The molecule has 3 heterocycles. The van der Waals surface area contributed by atoms with E-state index in [1.165, 1.54) is 21.1 Å².